The summed E-state index contributed by atoms with van der Waals surface area (Å²) >= 11 is 12.4. The van der Waals surface area contributed by atoms with Gasteiger partial charge in [0.15, 0.2) is 11.5 Å². The highest BCUT2D eigenvalue weighted by molar-refractivity contribution is 7.92. The van der Waals surface area contributed by atoms with Crippen LogP contribution < -0.4 is 19.1 Å². The maximum atomic E-state index is 14.0. The number of carbonyl (C=O) groups excluding carboxylic acids is 2. The molecule has 1 heterocycles. The van der Waals surface area contributed by atoms with E-state index in [1.54, 1.807) is 19.1 Å². The van der Waals surface area contributed by atoms with Crippen LogP contribution in [0, 0.1) is 5.82 Å². The number of ether oxygens (including phenoxy) is 2. The van der Waals surface area contributed by atoms with Crippen molar-refractivity contribution >= 4 is 50.7 Å². The first kappa shape index (κ1) is 31.4. The van der Waals surface area contributed by atoms with Crippen molar-refractivity contribution in [3.8, 4) is 11.5 Å². The molecule has 0 fully saturated rings. The van der Waals surface area contributed by atoms with E-state index in [4.69, 9.17) is 32.7 Å². The average Bonchev–Trinajstić information content (AvgIpc) is 2.98. The van der Waals surface area contributed by atoms with Gasteiger partial charge in [-0.15, -0.1) is 0 Å². The van der Waals surface area contributed by atoms with Crippen LogP contribution in [0.2, 0.25) is 10.0 Å². The van der Waals surface area contributed by atoms with Crippen molar-refractivity contribution in [3.63, 3.8) is 0 Å². The molecule has 3 aromatic carbocycles. The van der Waals surface area contributed by atoms with E-state index in [0.29, 0.717) is 35.9 Å². The van der Waals surface area contributed by atoms with Gasteiger partial charge in [0.25, 0.3) is 10.0 Å². The molecule has 3 aromatic rings. The van der Waals surface area contributed by atoms with E-state index in [-0.39, 0.29) is 34.5 Å². The molecule has 1 atom stereocenters. The van der Waals surface area contributed by atoms with Gasteiger partial charge in [0.05, 0.1) is 10.6 Å². The maximum Gasteiger partial charge on any atom is 0.264 e. The summed E-state index contributed by atoms with van der Waals surface area (Å²) in [5, 5.41) is 3.44. The molecule has 2 amide bonds. The van der Waals surface area contributed by atoms with Gasteiger partial charge in [-0.05, 0) is 67.4 Å². The van der Waals surface area contributed by atoms with Crippen LogP contribution in [-0.2, 0) is 26.2 Å². The summed E-state index contributed by atoms with van der Waals surface area (Å²) < 4.78 is 53.8. The topological polar surface area (TPSA) is 105 Å². The van der Waals surface area contributed by atoms with Crippen LogP contribution in [0.25, 0.3) is 0 Å². The molecule has 0 bridgehead atoms. The largest absolute Gasteiger partial charge is 0.486 e. The molecule has 0 spiro atoms. The van der Waals surface area contributed by atoms with Crippen LogP contribution in [0.1, 0.15) is 25.8 Å². The lowest BCUT2D eigenvalue weighted by Gasteiger charge is -2.32. The number of sulfonamides is 1. The highest BCUT2D eigenvalue weighted by atomic mass is 35.5. The smallest absolute Gasteiger partial charge is 0.264 e. The minimum Gasteiger partial charge on any atom is -0.486 e. The third-order valence-electron chi connectivity index (χ3n) is 6.57. The monoisotopic (exact) mass is 637 g/mol. The minimum absolute atomic E-state index is 0.0483. The zero-order chi connectivity index (χ0) is 30.4. The Morgan fingerprint density at radius 1 is 1.00 bits per heavy atom. The van der Waals surface area contributed by atoms with Crippen LogP contribution in [0.3, 0.4) is 0 Å². The van der Waals surface area contributed by atoms with Crippen molar-refractivity contribution in [2.24, 2.45) is 0 Å². The van der Waals surface area contributed by atoms with Gasteiger partial charge in [-0.25, -0.2) is 12.8 Å². The number of carbonyl (C=O) groups is 2. The molecule has 0 aromatic heterocycles. The molecule has 224 valence electrons. The Kier molecular flexibility index (Phi) is 10.2. The first-order valence-corrected chi connectivity index (χ1v) is 15.4. The van der Waals surface area contributed by atoms with E-state index < -0.39 is 40.2 Å². The average molecular weight is 639 g/mol. The lowest BCUT2D eigenvalue weighted by atomic mass is 10.1. The Labute approximate surface area is 254 Å². The second-order valence-electron chi connectivity index (χ2n) is 9.52. The fraction of sp³-hybridized carbons (Fsp3) is 0.310. The Bertz CT molecular complexity index is 1560. The summed E-state index contributed by atoms with van der Waals surface area (Å²) in [5.41, 5.74) is 0.555. The summed E-state index contributed by atoms with van der Waals surface area (Å²) in [6.45, 7) is 3.61. The summed E-state index contributed by atoms with van der Waals surface area (Å²) in [7, 11) is -4.39. The fourth-order valence-electron chi connectivity index (χ4n) is 4.26. The molecule has 4 rings (SSSR count). The highest BCUT2D eigenvalue weighted by Crippen LogP contribution is 2.34. The molecule has 1 aliphatic rings. The molecule has 1 unspecified atom stereocenters. The molecule has 9 nitrogen and oxygen atoms in total. The summed E-state index contributed by atoms with van der Waals surface area (Å²) in [4.78, 5) is 28.0. The van der Waals surface area contributed by atoms with Crippen LogP contribution in [0.5, 0.6) is 11.5 Å². The standard InChI is InChI=1S/C29H30Cl2FN3O6S/c1-3-12-33-29(37)19(2)34(17-20-4-5-21(30)15-25(20)31)28(36)18-35(23-8-6-22(32)7-9-23)42(38,39)24-10-11-26-27(16-24)41-14-13-40-26/h4-11,15-16,19H,3,12-14,17-18H2,1-2H3,(H,33,37). The molecule has 1 aliphatic heterocycles. The van der Waals surface area contributed by atoms with E-state index >= 15 is 0 Å². The molecular weight excluding hydrogens is 608 g/mol. The fourth-order valence-corrected chi connectivity index (χ4v) is 6.16. The zero-order valence-electron chi connectivity index (χ0n) is 23.0. The minimum atomic E-state index is -4.39. The molecule has 13 heteroatoms. The van der Waals surface area contributed by atoms with E-state index in [1.165, 1.54) is 41.3 Å². The number of hydrogen-bond acceptors (Lipinski definition) is 6. The molecule has 0 saturated heterocycles. The summed E-state index contributed by atoms with van der Waals surface area (Å²) in [6.07, 6.45) is 0.682. The first-order valence-electron chi connectivity index (χ1n) is 13.2. The summed E-state index contributed by atoms with van der Waals surface area (Å²) in [6, 6.07) is 12.6. The van der Waals surface area contributed by atoms with E-state index in [2.05, 4.69) is 5.32 Å². The third-order valence-corrected chi connectivity index (χ3v) is 8.92. The predicted octanol–water partition coefficient (Wildman–Crippen LogP) is 5.04. The number of fused-ring (bicyclic) bond motifs is 1. The molecule has 42 heavy (non-hydrogen) atoms. The Hall–Kier alpha value is -3.54. The third kappa shape index (κ3) is 7.26. The van der Waals surface area contributed by atoms with E-state index in [9.17, 15) is 22.4 Å². The number of hydrogen-bond donors (Lipinski definition) is 1. The van der Waals surface area contributed by atoms with Crippen LogP contribution in [0.4, 0.5) is 10.1 Å². The Morgan fingerprint density at radius 3 is 2.36 bits per heavy atom. The van der Waals surface area contributed by atoms with Gasteiger partial charge < -0.3 is 19.7 Å². The summed E-state index contributed by atoms with van der Waals surface area (Å²) in [5.74, 6) is -1.05. The van der Waals surface area contributed by atoms with Gasteiger partial charge in [-0.1, -0.05) is 36.2 Å². The van der Waals surface area contributed by atoms with E-state index in [0.717, 1.165) is 16.4 Å². The van der Waals surface area contributed by atoms with Crippen LogP contribution in [-0.4, -0.2) is 57.5 Å². The quantitative estimate of drug-likeness (QED) is 0.316. The predicted molar refractivity (Wildman–Crippen MR) is 158 cm³/mol. The van der Waals surface area contributed by atoms with Gasteiger partial charge in [0.2, 0.25) is 11.8 Å². The molecule has 0 saturated carbocycles. The van der Waals surface area contributed by atoms with Crippen molar-refractivity contribution in [1.82, 2.24) is 10.2 Å². The van der Waals surface area contributed by atoms with Crippen molar-refractivity contribution < 1.29 is 31.9 Å². The zero-order valence-corrected chi connectivity index (χ0v) is 25.3. The van der Waals surface area contributed by atoms with Gasteiger partial charge in [-0.2, -0.15) is 0 Å². The van der Waals surface area contributed by atoms with Crippen molar-refractivity contribution in [2.45, 2.75) is 37.8 Å². The Morgan fingerprint density at radius 2 is 1.69 bits per heavy atom. The number of nitrogens with zero attached hydrogens (tertiary/aromatic N) is 2. The van der Waals surface area contributed by atoms with Crippen molar-refractivity contribution in [2.75, 3.05) is 30.6 Å². The number of rotatable bonds is 11. The second-order valence-corrected chi connectivity index (χ2v) is 12.2. The second kappa shape index (κ2) is 13.6. The van der Waals surface area contributed by atoms with Gasteiger partial charge >= 0.3 is 0 Å². The number of amides is 2. The normalized spacial score (nSPS) is 13.3. The van der Waals surface area contributed by atoms with E-state index in [1.807, 2.05) is 6.92 Å². The number of anilines is 1. The number of halogens is 3. The Balaban J connectivity index is 1.73. The lowest BCUT2D eigenvalue weighted by Crippen LogP contribution is -2.51. The number of benzene rings is 3. The van der Waals surface area contributed by atoms with Gasteiger partial charge in [0.1, 0.15) is 31.6 Å². The van der Waals surface area contributed by atoms with Crippen LogP contribution >= 0.6 is 23.2 Å². The highest BCUT2D eigenvalue weighted by Gasteiger charge is 2.33. The molecular formula is C29H30Cl2FN3O6S. The first-order chi connectivity index (χ1) is 20.0. The molecule has 0 aliphatic carbocycles. The van der Waals surface area contributed by atoms with Crippen molar-refractivity contribution in [1.29, 1.82) is 0 Å². The van der Waals surface area contributed by atoms with Gasteiger partial charge in [0, 0.05) is 29.2 Å². The molecule has 1 N–H and O–H groups in total. The van der Waals surface area contributed by atoms with Crippen molar-refractivity contribution in [3.05, 3.63) is 82.1 Å². The number of nitrogens with one attached hydrogen (secondary N) is 1. The van der Waals surface area contributed by atoms with Crippen LogP contribution in [0.15, 0.2) is 65.6 Å². The lowest BCUT2D eigenvalue weighted by molar-refractivity contribution is -0.139. The molecule has 0 radical (unpaired) electrons. The maximum absolute atomic E-state index is 14.0. The van der Waals surface area contributed by atoms with Gasteiger partial charge in [-0.3, -0.25) is 13.9 Å². The SMILES string of the molecule is CCCNC(=O)C(C)N(Cc1ccc(Cl)cc1Cl)C(=O)CN(c1ccc(F)cc1)S(=O)(=O)c1ccc2c(c1)OCCO2.